The minimum atomic E-state index is 1.18. The highest BCUT2D eigenvalue weighted by Crippen LogP contribution is 2.39. The Hall–Kier alpha value is -1.38. The molecule has 0 aliphatic rings. The molecule has 0 atom stereocenters. The maximum Gasteiger partial charge on any atom is 0.0366 e. The Morgan fingerprint density at radius 2 is 1.56 bits per heavy atom. The molecule has 0 aliphatic carbocycles. The summed E-state index contributed by atoms with van der Waals surface area (Å²) >= 11 is 5.53. The van der Waals surface area contributed by atoms with Crippen LogP contribution in [0.5, 0.6) is 0 Å². The van der Waals surface area contributed by atoms with Crippen molar-refractivity contribution in [1.82, 2.24) is 0 Å². The van der Waals surface area contributed by atoms with Crippen molar-refractivity contribution >= 4 is 58.2 Å². The summed E-state index contributed by atoms with van der Waals surface area (Å²) in [6, 6.07) is 19.5. The van der Waals surface area contributed by atoms with Gasteiger partial charge < -0.3 is 0 Å². The van der Waals surface area contributed by atoms with Gasteiger partial charge in [0.2, 0.25) is 0 Å². The quantitative estimate of drug-likeness (QED) is 0.375. The summed E-state index contributed by atoms with van der Waals surface area (Å²) in [4.78, 5) is 0. The van der Waals surface area contributed by atoms with Crippen LogP contribution in [0.25, 0.3) is 30.9 Å². The number of hydrogen-bond donors (Lipinski definition) is 0. The maximum atomic E-state index is 3.67. The van der Waals surface area contributed by atoms with Gasteiger partial charge in [-0.05, 0) is 35.0 Å². The zero-order valence-corrected chi connectivity index (χ0v) is 11.9. The van der Waals surface area contributed by atoms with Crippen molar-refractivity contribution < 1.29 is 0 Å². The summed E-state index contributed by atoms with van der Waals surface area (Å²) < 4.78 is 3.88. The van der Waals surface area contributed by atoms with Crippen LogP contribution in [0.4, 0.5) is 0 Å². The highest BCUT2D eigenvalue weighted by atomic mass is 79.9. The fraction of sp³-hybridized carbons (Fsp3) is 0. The normalized spacial score (nSPS) is 11.6. The molecule has 0 N–H and O–H groups in total. The van der Waals surface area contributed by atoms with Crippen molar-refractivity contribution in [1.29, 1.82) is 0 Å². The molecule has 3 aromatic carbocycles. The molecule has 0 unspecified atom stereocenters. The van der Waals surface area contributed by atoms with Crippen LogP contribution in [0.2, 0.25) is 0 Å². The highest BCUT2D eigenvalue weighted by Gasteiger charge is 2.08. The van der Waals surface area contributed by atoms with Gasteiger partial charge in [0.15, 0.2) is 0 Å². The molecule has 2 heteroatoms. The molecule has 4 aromatic rings. The smallest absolute Gasteiger partial charge is 0.0366 e. The molecule has 0 saturated carbocycles. The summed E-state index contributed by atoms with van der Waals surface area (Å²) in [7, 11) is 0. The molecular weight excluding hydrogens is 304 g/mol. The number of hydrogen-bond acceptors (Lipinski definition) is 1. The van der Waals surface area contributed by atoms with Gasteiger partial charge in [-0.2, -0.15) is 0 Å². The first-order valence-corrected chi connectivity index (χ1v) is 7.43. The van der Waals surface area contributed by atoms with Gasteiger partial charge in [0.05, 0.1) is 0 Å². The molecule has 0 spiro atoms. The second kappa shape index (κ2) is 3.81. The summed E-state index contributed by atoms with van der Waals surface area (Å²) in [5, 5.41) is 5.30. The molecule has 0 nitrogen and oxygen atoms in total. The van der Waals surface area contributed by atoms with Crippen molar-refractivity contribution in [2.75, 3.05) is 0 Å². The van der Waals surface area contributed by atoms with Gasteiger partial charge in [-0.1, -0.05) is 46.3 Å². The second-order valence-electron chi connectivity index (χ2n) is 4.41. The monoisotopic (exact) mass is 312 g/mol. The fourth-order valence-corrected chi connectivity index (χ4v) is 4.34. The van der Waals surface area contributed by atoms with Crippen LogP contribution in [0.15, 0.2) is 59.1 Å². The molecular formula is C16H9BrS. The molecule has 4 rings (SSSR count). The Bertz CT molecular complexity index is 889. The SMILES string of the molecule is Brc1cccc2sc3cc4ccccc4cc3c12. The average Bonchev–Trinajstić information content (AvgIpc) is 2.74. The lowest BCUT2D eigenvalue weighted by Crippen LogP contribution is -1.72. The van der Waals surface area contributed by atoms with E-state index >= 15 is 0 Å². The van der Waals surface area contributed by atoms with Gasteiger partial charge in [-0.3, -0.25) is 0 Å². The first-order chi connectivity index (χ1) is 8.83. The average molecular weight is 313 g/mol. The molecule has 0 fully saturated rings. The van der Waals surface area contributed by atoms with Crippen LogP contribution in [0, 0.1) is 0 Å². The molecule has 18 heavy (non-hydrogen) atoms. The van der Waals surface area contributed by atoms with Crippen LogP contribution < -0.4 is 0 Å². The maximum absolute atomic E-state index is 3.67. The van der Waals surface area contributed by atoms with E-state index in [1.165, 1.54) is 35.4 Å². The summed E-state index contributed by atoms with van der Waals surface area (Å²) in [6.45, 7) is 0. The third-order valence-corrected chi connectivity index (χ3v) is 5.09. The van der Waals surface area contributed by atoms with Gasteiger partial charge in [0, 0.05) is 24.6 Å². The molecule has 1 heterocycles. The van der Waals surface area contributed by atoms with Crippen molar-refractivity contribution in [2.45, 2.75) is 0 Å². The minimum Gasteiger partial charge on any atom is -0.135 e. The van der Waals surface area contributed by atoms with E-state index in [0.29, 0.717) is 0 Å². The van der Waals surface area contributed by atoms with Crippen LogP contribution in [-0.2, 0) is 0 Å². The van der Waals surface area contributed by atoms with Gasteiger partial charge in [0.1, 0.15) is 0 Å². The predicted octanol–water partition coefficient (Wildman–Crippen LogP) is 5.97. The third-order valence-electron chi connectivity index (χ3n) is 3.31. The summed E-state index contributed by atoms with van der Waals surface area (Å²) in [5.74, 6) is 0. The van der Waals surface area contributed by atoms with E-state index in [2.05, 4.69) is 70.5 Å². The molecule has 0 aliphatic heterocycles. The Labute approximate surface area is 117 Å². The molecule has 0 radical (unpaired) electrons. The lowest BCUT2D eigenvalue weighted by Gasteiger charge is -1.99. The number of thiophene rings is 1. The van der Waals surface area contributed by atoms with Crippen molar-refractivity contribution in [2.24, 2.45) is 0 Å². The topological polar surface area (TPSA) is 0 Å². The Morgan fingerprint density at radius 3 is 2.39 bits per heavy atom. The van der Waals surface area contributed by atoms with E-state index in [-0.39, 0.29) is 0 Å². The van der Waals surface area contributed by atoms with Crippen molar-refractivity contribution in [3.05, 3.63) is 59.1 Å². The molecule has 0 amide bonds. The zero-order chi connectivity index (χ0) is 12.1. The molecule has 0 saturated heterocycles. The first kappa shape index (κ1) is 10.5. The number of benzene rings is 3. The van der Waals surface area contributed by atoms with Gasteiger partial charge in [-0.15, -0.1) is 11.3 Å². The van der Waals surface area contributed by atoms with E-state index in [9.17, 15) is 0 Å². The largest absolute Gasteiger partial charge is 0.135 e. The van der Waals surface area contributed by atoms with Gasteiger partial charge in [-0.25, -0.2) is 0 Å². The number of rotatable bonds is 0. The standard InChI is InChI=1S/C16H9BrS/c17-13-6-3-7-14-16(13)12-8-10-4-1-2-5-11(10)9-15(12)18-14/h1-9H. The summed E-state index contributed by atoms with van der Waals surface area (Å²) in [5.41, 5.74) is 0. The van der Waals surface area contributed by atoms with Crippen LogP contribution in [0.3, 0.4) is 0 Å². The lowest BCUT2D eigenvalue weighted by molar-refractivity contribution is 1.79. The van der Waals surface area contributed by atoms with Crippen LogP contribution >= 0.6 is 27.3 Å². The lowest BCUT2D eigenvalue weighted by atomic mass is 10.1. The fourth-order valence-electron chi connectivity index (χ4n) is 2.47. The van der Waals surface area contributed by atoms with Gasteiger partial charge >= 0.3 is 0 Å². The van der Waals surface area contributed by atoms with E-state index in [1.807, 2.05) is 11.3 Å². The molecule has 1 aromatic heterocycles. The van der Waals surface area contributed by atoms with E-state index in [4.69, 9.17) is 0 Å². The van der Waals surface area contributed by atoms with E-state index in [1.54, 1.807) is 0 Å². The second-order valence-corrected chi connectivity index (χ2v) is 6.35. The number of fused-ring (bicyclic) bond motifs is 4. The highest BCUT2D eigenvalue weighted by molar-refractivity contribution is 9.10. The Kier molecular flexibility index (Phi) is 2.23. The Balaban J connectivity index is 2.29. The minimum absolute atomic E-state index is 1.18. The first-order valence-electron chi connectivity index (χ1n) is 5.82. The van der Waals surface area contributed by atoms with E-state index < -0.39 is 0 Å². The van der Waals surface area contributed by atoms with Gasteiger partial charge in [0.25, 0.3) is 0 Å². The summed E-state index contributed by atoms with van der Waals surface area (Å²) in [6.07, 6.45) is 0. The van der Waals surface area contributed by atoms with Crippen LogP contribution in [0.1, 0.15) is 0 Å². The third kappa shape index (κ3) is 1.43. The van der Waals surface area contributed by atoms with Crippen LogP contribution in [-0.4, -0.2) is 0 Å². The Morgan fingerprint density at radius 1 is 0.778 bits per heavy atom. The molecule has 86 valence electrons. The predicted molar refractivity (Wildman–Crippen MR) is 84.5 cm³/mol. The van der Waals surface area contributed by atoms with Crippen molar-refractivity contribution in [3.8, 4) is 0 Å². The molecule has 0 bridgehead atoms. The number of halogens is 1. The zero-order valence-electron chi connectivity index (χ0n) is 9.48. The van der Waals surface area contributed by atoms with Crippen molar-refractivity contribution in [3.63, 3.8) is 0 Å². The van der Waals surface area contributed by atoms with E-state index in [0.717, 1.165) is 0 Å².